The van der Waals surface area contributed by atoms with E-state index < -0.39 is 0 Å². The topological polar surface area (TPSA) is 38.7 Å². The fourth-order valence-corrected chi connectivity index (χ4v) is 7.45. The van der Waals surface area contributed by atoms with E-state index in [0.29, 0.717) is 5.82 Å². The fourth-order valence-electron chi connectivity index (χ4n) is 7.45. The highest BCUT2D eigenvalue weighted by Crippen LogP contribution is 2.34. The predicted octanol–water partition coefficient (Wildman–Crippen LogP) is 13.3. The zero-order valence-corrected chi connectivity index (χ0v) is 29.4. The highest BCUT2D eigenvalue weighted by molar-refractivity contribution is 5.96. The van der Waals surface area contributed by atoms with Crippen molar-refractivity contribution in [2.24, 2.45) is 0 Å². The monoisotopic (exact) mass is 687 g/mol. The third-order valence-electron chi connectivity index (χ3n) is 10.4. The third-order valence-corrected chi connectivity index (χ3v) is 10.4. The van der Waals surface area contributed by atoms with Gasteiger partial charge in [0.15, 0.2) is 5.82 Å². The summed E-state index contributed by atoms with van der Waals surface area (Å²) in [5, 5.41) is 7.23. The van der Waals surface area contributed by atoms with Crippen LogP contribution in [0.1, 0.15) is 0 Å². The summed E-state index contributed by atoms with van der Waals surface area (Å²) in [7, 11) is 0. The summed E-state index contributed by atoms with van der Waals surface area (Å²) in [5.41, 5.74) is 11.6. The highest BCUT2D eigenvalue weighted by Gasteiger charge is 2.13. The first-order chi connectivity index (χ1) is 26.7. The molecule has 0 radical (unpaired) electrons. The van der Waals surface area contributed by atoms with Gasteiger partial charge in [0, 0.05) is 40.0 Å². The standard InChI is InChI=1S/C51H33N3/c1-3-10-40-28-43(26-18-34(40)8-1)36-16-22-38(23-17-36)49-31-50(39-24-20-37(21-25-39)48-33-52-32-46-12-5-6-15-47(46)48)54-51(53-49)45-14-7-13-42(30-45)44-27-19-35-9-2-4-11-41(35)29-44/h1-33H. The van der Waals surface area contributed by atoms with Gasteiger partial charge in [-0.1, -0.05) is 164 Å². The first-order valence-corrected chi connectivity index (χ1v) is 18.2. The van der Waals surface area contributed by atoms with Crippen LogP contribution in [0.25, 0.3) is 99.6 Å². The number of fused-ring (bicyclic) bond motifs is 3. The molecule has 0 saturated heterocycles. The van der Waals surface area contributed by atoms with Crippen LogP contribution in [0.3, 0.4) is 0 Å². The van der Waals surface area contributed by atoms with Gasteiger partial charge in [0.1, 0.15) is 0 Å². The minimum absolute atomic E-state index is 0.686. The molecule has 10 rings (SSSR count). The van der Waals surface area contributed by atoms with Crippen LogP contribution in [0.2, 0.25) is 0 Å². The van der Waals surface area contributed by atoms with E-state index in [9.17, 15) is 0 Å². The zero-order valence-electron chi connectivity index (χ0n) is 29.4. The van der Waals surface area contributed by atoms with E-state index in [1.54, 1.807) is 0 Å². The maximum Gasteiger partial charge on any atom is 0.160 e. The quantitative estimate of drug-likeness (QED) is 0.175. The zero-order chi connectivity index (χ0) is 35.8. The summed E-state index contributed by atoms with van der Waals surface area (Å²) in [6.07, 6.45) is 3.86. The van der Waals surface area contributed by atoms with Crippen LogP contribution in [0.4, 0.5) is 0 Å². The highest BCUT2D eigenvalue weighted by atomic mass is 14.9. The predicted molar refractivity (Wildman–Crippen MR) is 225 cm³/mol. The molecule has 252 valence electrons. The van der Waals surface area contributed by atoms with Crippen LogP contribution in [0.5, 0.6) is 0 Å². The van der Waals surface area contributed by atoms with Crippen molar-refractivity contribution >= 4 is 32.3 Å². The van der Waals surface area contributed by atoms with Crippen LogP contribution >= 0.6 is 0 Å². The van der Waals surface area contributed by atoms with Gasteiger partial charge in [0.2, 0.25) is 0 Å². The van der Waals surface area contributed by atoms with Gasteiger partial charge in [-0.15, -0.1) is 0 Å². The Kier molecular flexibility index (Phi) is 7.81. The maximum absolute atomic E-state index is 5.21. The maximum atomic E-state index is 5.21. The molecule has 0 bridgehead atoms. The Hall–Kier alpha value is -7.23. The molecule has 0 atom stereocenters. The molecule has 0 aliphatic carbocycles. The number of hydrogen-bond donors (Lipinski definition) is 0. The molecular weight excluding hydrogens is 655 g/mol. The van der Waals surface area contributed by atoms with Gasteiger partial charge >= 0.3 is 0 Å². The Labute approximate surface area is 313 Å². The van der Waals surface area contributed by atoms with Crippen molar-refractivity contribution in [3.8, 4) is 67.3 Å². The largest absolute Gasteiger partial charge is 0.263 e. The van der Waals surface area contributed by atoms with Crippen molar-refractivity contribution < 1.29 is 0 Å². The second-order valence-electron chi connectivity index (χ2n) is 13.7. The molecule has 0 N–H and O–H groups in total. The lowest BCUT2D eigenvalue weighted by Crippen LogP contribution is -1.96. The minimum atomic E-state index is 0.686. The van der Waals surface area contributed by atoms with E-state index in [2.05, 4.69) is 193 Å². The van der Waals surface area contributed by atoms with Crippen molar-refractivity contribution in [2.75, 3.05) is 0 Å². The Morgan fingerprint density at radius 1 is 0.278 bits per heavy atom. The van der Waals surface area contributed by atoms with E-state index in [-0.39, 0.29) is 0 Å². The smallest absolute Gasteiger partial charge is 0.160 e. The van der Waals surface area contributed by atoms with E-state index in [0.717, 1.165) is 55.7 Å². The second-order valence-corrected chi connectivity index (χ2v) is 13.7. The molecule has 3 heteroatoms. The van der Waals surface area contributed by atoms with Crippen LogP contribution in [-0.2, 0) is 0 Å². The van der Waals surface area contributed by atoms with Gasteiger partial charge in [-0.25, -0.2) is 9.97 Å². The van der Waals surface area contributed by atoms with Crippen molar-refractivity contribution in [1.82, 2.24) is 15.0 Å². The second kappa shape index (κ2) is 13.4. The van der Waals surface area contributed by atoms with Gasteiger partial charge in [-0.05, 0) is 79.0 Å². The molecule has 0 aliphatic rings. The average molecular weight is 688 g/mol. The lowest BCUT2D eigenvalue weighted by Gasteiger charge is -2.12. The molecule has 0 saturated carbocycles. The molecule has 0 amide bonds. The number of aromatic nitrogens is 3. The summed E-state index contributed by atoms with van der Waals surface area (Å²) in [6.45, 7) is 0. The van der Waals surface area contributed by atoms with Crippen LogP contribution in [0, 0.1) is 0 Å². The van der Waals surface area contributed by atoms with Crippen molar-refractivity contribution in [1.29, 1.82) is 0 Å². The van der Waals surface area contributed by atoms with Crippen LogP contribution in [0.15, 0.2) is 200 Å². The summed E-state index contributed by atoms with van der Waals surface area (Å²) in [4.78, 5) is 14.9. The Balaban J connectivity index is 1.06. The number of hydrogen-bond acceptors (Lipinski definition) is 3. The molecule has 2 aromatic heterocycles. The summed E-state index contributed by atoms with van der Waals surface area (Å²) < 4.78 is 0. The average Bonchev–Trinajstić information content (AvgIpc) is 3.26. The van der Waals surface area contributed by atoms with Gasteiger partial charge < -0.3 is 0 Å². The minimum Gasteiger partial charge on any atom is -0.263 e. The summed E-state index contributed by atoms with van der Waals surface area (Å²) >= 11 is 0. The summed E-state index contributed by atoms with van der Waals surface area (Å²) in [6, 6.07) is 66.6. The molecule has 0 fully saturated rings. The SMILES string of the molecule is c1cc(-c2ccc3ccccc3c2)cc(-c2nc(-c3ccc(-c4ccc5ccccc5c4)cc3)cc(-c3ccc(-c4cncc5ccccc45)cc3)n2)c1. The van der Waals surface area contributed by atoms with Crippen LogP contribution < -0.4 is 0 Å². The number of nitrogens with zero attached hydrogens (tertiary/aromatic N) is 3. The Bertz CT molecular complexity index is 2980. The summed E-state index contributed by atoms with van der Waals surface area (Å²) in [5.74, 6) is 0.686. The molecule has 0 aliphatic heterocycles. The van der Waals surface area contributed by atoms with Gasteiger partial charge in [-0.2, -0.15) is 0 Å². The first-order valence-electron chi connectivity index (χ1n) is 18.2. The molecular formula is C51H33N3. The molecule has 2 heterocycles. The normalized spacial score (nSPS) is 11.3. The third kappa shape index (κ3) is 5.98. The molecule has 8 aromatic carbocycles. The van der Waals surface area contributed by atoms with E-state index in [1.807, 2.05) is 12.4 Å². The Morgan fingerprint density at radius 2 is 0.759 bits per heavy atom. The van der Waals surface area contributed by atoms with Gasteiger partial charge in [0.25, 0.3) is 0 Å². The van der Waals surface area contributed by atoms with E-state index in [1.165, 1.54) is 38.1 Å². The number of rotatable bonds is 6. The number of pyridine rings is 1. The van der Waals surface area contributed by atoms with Crippen molar-refractivity contribution in [3.05, 3.63) is 200 Å². The van der Waals surface area contributed by atoms with Crippen molar-refractivity contribution in [3.63, 3.8) is 0 Å². The van der Waals surface area contributed by atoms with Gasteiger partial charge in [0.05, 0.1) is 11.4 Å². The number of benzene rings is 8. The fraction of sp³-hybridized carbons (Fsp3) is 0. The molecule has 54 heavy (non-hydrogen) atoms. The molecule has 3 nitrogen and oxygen atoms in total. The van der Waals surface area contributed by atoms with Crippen LogP contribution in [-0.4, -0.2) is 15.0 Å². The molecule has 10 aromatic rings. The Morgan fingerprint density at radius 3 is 1.41 bits per heavy atom. The molecule has 0 unspecified atom stereocenters. The van der Waals surface area contributed by atoms with Gasteiger partial charge in [-0.3, -0.25) is 4.98 Å². The first kappa shape index (κ1) is 31.5. The lowest BCUT2D eigenvalue weighted by molar-refractivity contribution is 1.18. The van der Waals surface area contributed by atoms with E-state index >= 15 is 0 Å². The van der Waals surface area contributed by atoms with Crippen molar-refractivity contribution in [2.45, 2.75) is 0 Å². The lowest BCUT2D eigenvalue weighted by atomic mass is 9.98. The molecule has 0 spiro atoms. The van der Waals surface area contributed by atoms with E-state index in [4.69, 9.17) is 9.97 Å².